The van der Waals surface area contributed by atoms with Crippen LogP contribution in [0.15, 0.2) is 12.1 Å². The highest BCUT2D eigenvalue weighted by molar-refractivity contribution is 5.93. The maximum absolute atomic E-state index is 12.3. The molecule has 1 aliphatic rings. The molecule has 1 unspecified atom stereocenters. The molecule has 138 valence electrons. The number of aryl methyl sites for hydroxylation is 3. The summed E-state index contributed by atoms with van der Waals surface area (Å²) < 4.78 is 5.48. The third-order valence-electron chi connectivity index (χ3n) is 4.42. The molecule has 6 nitrogen and oxygen atoms in total. The number of rotatable bonds is 7. The first kappa shape index (κ1) is 19.4. The summed E-state index contributed by atoms with van der Waals surface area (Å²) in [5, 5.41) is 5.86. The average Bonchev–Trinajstić information content (AvgIpc) is 3.02. The Morgan fingerprint density at radius 1 is 1.16 bits per heavy atom. The predicted octanol–water partition coefficient (Wildman–Crippen LogP) is 0.360. The molecule has 1 fully saturated rings. The van der Waals surface area contributed by atoms with Crippen LogP contribution in [0.2, 0.25) is 0 Å². The molecule has 1 saturated heterocycles. The normalized spacial score (nSPS) is 18.0. The molecule has 25 heavy (non-hydrogen) atoms. The maximum Gasteiger partial charge on any atom is 0.279 e. The zero-order valence-electron chi connectivity index (χ0n) is 15.7. The van der Waals surface area contributed by atoms with Gasteiger partial charge in [-0.3, -0.25) is 9.59 Å². The molecule has 0 bridgehead atoms. The molecule has 6 heteroatoms. The lowest BCUT2D eigenvalue weighted by molar-refractivity contribution is -0.862. The Balaban J connectivity index is 1.76. The highest BCUT2D eigenvalue weighted by atomic mass is 16.5. The molecule has 1 aliphatic heterocycles. The lowest BCUT2D eigenvalue weighted by atomic mass is 10.1. The third-order valence-corrected chi connectivity index (χ3v) is 4.42. The Morgan fingerprint density at radius 2 is 1.80 bits per heavy atom. The molecule has 0 aliphatic carbocycles. The Labute approximate surface area is 149 Å². The van der Waals surface area contributed by atoms with Gasteiger partial charge in [-0.2, -0.15) is 0 Å². The monoisotopic (exact) mass is 348 g/mol. The van der Waals surface area contributed by atoms with E-state index in [1.54, 1.807) is 0 Å². The van der Waals surface area contributed by atoms with E-state index in [0.717, 1.165) is 41.2 Å². The van der Waals surface area contributed by atoms with Crippen LogP contribution in [0.4, 0.5) is 5.69 Å². The number of anilines is 1. The zero-order valence-corrected chi connectivity index (χ0v) is 15.7. The third kappa shape index (κ3) is 6.14. The lowest BCUT2D eigenvalue weighted by Gasteiger charge is -2.17. The first-order chi connectivity index (χ1) is 11.8. The van der Waals surface area contributed by atoms with Crippen molar-refractivity contribution in [2.24, 2.45) is 0 Å². The molecule has 3 N–H and O–H groups in total. The van der Waals surface area contributed by atoms with E-state index in [0.29, 0.717) is 6.54 Å². The van der Waals surface area contributed by atoms with Crippen LogP contribution in [0.3, 0.4) is 0 Å². The van der Waals surface area contributed by atoms with Crippen molar-refractivity contribution in [3.63, 3.8) is 0 Å². The average molecular weight is 348 g/mol. The van der Waals surface area contributed by atoms with Crippen LogP contribution in [0, 0.1) is 20.8 Å². The molecule has 1 aromatic carbocycles. The molecule has 1 aromatic rings. The number of benzene rings is 1. The second kappa shape index (κ2) is 8.97. The van der Waals surface area contributed by atoms with Gasteiger partial charge in [0.15, 0.2) is 13.1 Å². The van der Waals surface area contributed by atoms with Crippen LogP contribution in [0.25, 0.3) is 0 Å². The van der Waals surface area contributed by atoms with E-state index in [1.807, 2.05) is 27.8 Å². The minimum absolute atomic E-state index is 0.0523. The van der Waals surface area contributed by atoms with Crippen LogP contribution >= 0.6 is 0 Å². The van der Waals surface area contributed by atoms with E-state index in [4.69, 9.17) is 4.74 Å². The van der Waals surface area contributed by atoms with Crippen LogP contribution in [-0.2, 0) is 14.3 Å². The number of quaternary nitrogens is 1. The van der Waals surface area contributed by atoms with E-state index in [1.165, 1.54) is 5.56 Å². The molecule has 2 amide bonds. The SMILES string of the molecule is Cc1cc(C)c(NC(=O)C[NH+](C)CC(=O)NC[C@@H]2CCCO2)c(C)c1. The van der Waals surface area contributed by atoms with E-state index >= 15 is 0 Å². The first-order valence-electron chi connectivity index (χ1n) is 8.92. The van der Waals surface area contributed by atoms with Crippen LogP contribution in [0.5, 0.6) is 0 Å². The number of ether oxygens (including phenoxy) is 1. The number of nitrogens with one attached hydrogen (secondary N) is 3. The number of hydrogen-bond acceptors (Lipinski definition) is 3. The highest BCUT2D eigenvalue weighted by Gasteiger charge is 2.19. The molecular formula is C19H30N3O3+. The van der Waals surface area contributed by atoms with Gasteiger partial charge in [-0.25, -0.2) is 0 Å². The Hall–Kier alpha value is -1.92. The smallest absolute Gasteiger partial charge is 0.279 e. The highest BCUT2D eigenvalue weighted by Crippen LogP contribution is 2.21. The van der Waals surface area contributed by atoms with Crippen molar-refractivity contribution in [3.05, 3.63) is 28.8 Å². The second-order valence-electron chi connectivity index (χ2n) is 7.07. The van der Waals surface area contributed by atoms with Gasteiger partial charge in [-0.15, -0.1) is 0 Å². The van der Waals surface area contributed by atoms with Crippen molar-refractivity contribution in [2.45, 2.75) is 39.7 Å². The fourth-order valence-electron chi connectivity index (χ4n) is 3.27. The summed E-state index contributed by atoms with van der Waals surface area (Å²) in [6, 6.07) is 4.11. The number of amides is 2. The first-order valence-corrected chi connectivity index (χ1v) is 8.92. The van der Waals surface area contributed by atoms with Gasteiger partial charge < -0.3 is 20.3 Å². The van der Waals surface area contributed by atoms with Crippen molar-refractivity contribution in [3.8, 4) is 0 Å². The van der Waals surface area contributed by atoms with Gasteiger partial charge in [0.25, 0.3) is 11.8 Å². The second-order valence-corrected chi connectivity index (χ2v) is 7.07. The zero-order chi connectivity index (χ0) is 18.4. The van der Waals surface area contributed by atoms with Gasteiger partial charge in [0.05, 0.1) is 13.2 Å². The van der Waals surface area contributed by atoms with E-state index in [-0.39, 0.29) is 31.0 Å². The standard InChI is InChI=1S/C19H29N3O3/c1-13-8-14(2)19(15(3)9-13)21-18(24)12-22(4)11-17(23)20-10-16-6-5-7-25-16/h8-9,16H,5-7,10-12H2,1-4H3,(H,20,23)(H,21,24)/p+1/t16-/m0/s1. The summed E-state index contributed by atoms with van der Waals surface area (Å²) in [7, 11) is 1.85. The van der Waals surface area contributed by atoms with Crippen molar-refractivity contribution >= 4 is 17.5 Å². The molecule has 2 atom stereocenters. The molecular weight excluding hydrogens is 318 g/mol. The maximum atomic E-state index is 12.3. The van der Waals surface area contributed by atoms with Crippen molar-refractivity contribution in [1.29, 1.82) is 0 Å². The van der Waals surface area contributed by atoms with E-state index < -0.39 is 0 Å². The number of carbonyl (C=O) groups excluding carboxylic acids is 2. The summed E-state index contributed by atoms with van der Waals surface area (Å²) in [5.41, 5.74) is 4.15. The van der Waals surface area contributed by atoms with Crippen molar-refractivity contribution in [1.82, 2.24) is 5.32 Å². The van der Waals surface area contributed by atoms with Crippen LogP contribution < -0.4 is 15.5 Å². The molecule has 0 aromatic heterocycles. The van der Waals surface area contributed by atoms with E-state index in [9.17, 15) is 9.59 Å². The molecule has 2 rings (SSSR count). The Morgan fingerprint density at radius 3 is 2.40 bits per heavy atom. The Kier molecular flexibility index (Phi) is 6.96. The van der Waals surface area contributed by atoms with Gasteiger partial charge >= 0.3 is 0 Å². The summed E-state index contributed by atoms with van der Waals surface area (Å²) in [4.78, 5) is 25.1. The van der Waals surface area contributed by atoms with Gasteiger partial charge in [0.1, 0.15) is 0 Å². The van der Waals surface area contributed by atoms with E-state index in [2.05, 4.69) is 22.8 Å². The lowest BCUT2D eigenvalue weighted by Crippen LogP contribution is -3.11. The predicted molar refractivity (Wildman–Crippen MR) is 97.9 cm³/mol. The molecule has 0 spiro atoms. The number of likely N-dealkylation sites (N-methyl/N-ethyl adjacent to an activating group) is 1. The van der Waals surface area contributed by atoms with Gasteiger partial charge in [-0.05, 0) is 44.7 Å². The quantitative estimate of drug-likeness (QED) is 0.666. The summed E-state index contributed by atoms with van der Waals surface area (Å²) in [6.45, 7) is 7.88. The number of hydrogen-bond donors (Lipinski definition) is 3. The van der Waals surface area contributed by atoms with Gasteiger partial charge in [-0.1, -0.05) is 17.7 Å². The number of carbonyl (C=O) groups is 2. The van der Waals surface area contributed by atoms with Crippen LogP contribution in [-0.4, -0.2) is 51.2 Å². The van der Waals surface area contributed by atoms with Crippen LogP contribution in [0.1, 0.15) is 29.5 Å². The minimum Gasteiger partial charge on any atom is -0.376 e. The molecule has 1 heterocycles. The summed E-state index contributed by atoms with van der Waals surface area (Å²) in [6.07, 6.45) is 2.20. The Bertz CT molecular complexity index is 601. The fraction of sp³-hybridized carbons (Fsp3) is 0.579. The van der Waals surface area contributed by atoms with Gasteiger partial charge in [0, 0.05) is 18.8 Å². The van der Waals surface area contributed by atoms with Gasteiger partial charge in [0.2, 0.25) is 0 Å². The molecule has 0 radical (unpaired) electrons. The largest absolute Gasteiger partial charge is 0.376 e. The topological polar surface area (TPSA) is 71.9 Å². The molecule has 0 saturated carbocycles. The van der Waals surface area contributed by atoms with Crippen molar-refractivity contribution in [2.75, 3.05) is 38.6 Å². The summed E-state index contributed by atoms with van der Waals surface area (Å²) in [5.74, 6) is -0.136. The van der Waals surface area contributed by atoms with Crippen molar-refractivity contribution < 1.29 is 19.2 Å². The minimum atomic E-state index is -0.0838. The summed E-state index contributed by atoms with van der Waals surface area (Å²) >= 11 is 0. The fourth-order valence-corrected chi connectivity index (χ4v) is 3.27.